The largest absolute Gasteiger partial charge is 0.391 e. The summed E-state index contributed by atoms with van der Waals surface area (Å²) in [4.78, 5) is 0. The van der Waals surface area contributed by atoms with Crippen LogP contribution in [0, 0.1) is 0 Å². The minimum atomic E-state index is -0.381. The van der Waals surface area contributed by atoms with Crippen LogP contribution in [-0.4, -0.2) is 44.1 Å². The standard InChI is InChI=1S/C12H18N4OS/c1-9(2)13-7-10(17)8-18-12-15-14-11-5-3-4-6-16(11)12/h3-6,9-10,13,17H,7-8H2,1-2H3. The number of fused-ring (bicyclic) bond motifs is 1. The molecule has 2 aromatic rings. The van der Waals surface area contributed by atoms with Crippen molar-refractivity contribution >= 4 is 17.4 Å². The predicted octanol–water partition coefficient (Wildman–Crippen LogP) is 1.18. The highest BCUT2D eigenvalue weighted by Crippen LogP contribution is 2.17. The Labute approximate surface area is 111 Å². The average molecular weight is 266 g/mol. The first-order chi connectivity index (χ1) is 8.66. The number of thioether (sulfide) groups is 1. The summed E-state index contributed by atoms with van der Waals surface area (Å²) in [6, 6.07) is 6.17. The van der Waals surface area contributed by atoms with E-state index in [4.69, 9.17) is 0 Å². The first-order valence-corrected chi connectivity index (χ1v) is 6.99. The van der Waals surface area contributed by atoms with E-state index in [2.05, 4.69) is 29.4 Å². The van der Waals surface area contributed by atoms with Gasteiger partial charge in [0.25, 0.3) is 0 Å². The van der Waals surface area contributed by atoms with E-state index in [0.29, 0.717) is 18.3 Å². The summed E-state index contributed by atoms with van der Waals surface area (Å²) in [7, 11) is 0. The molecule has 0 aromatic carbocycles. The van der Waals surface area contributed by atoms with Gasteiger partial charge < -0.3 is 10.4 Å². The predicted molar refractivity (Wildman–Crippen MR) is 72.9 cm³/mol. The molecule has 0 bridgehead atoms. The lowest BCUT2D eigenvalue weighted by atomic mass is 10.3. The monoisotopic (exact) mass is 266 g/mol. The second-order valence-electron chi connectivity index (χ2n) is 4.44. The molecule has 0 radical (unpaired) electrons. The van der Waals surface area contributed by atoms with Crippen molar-refractivity contribution in [2.24, 2.45) is 0 Å². The third-order valence-electron chi connectivity index (χ3n) is 2.45. The van der Waals surface area contributed by atoms with Crippen LogP contribution in [0.5, 0.6) is 0 Å². The van der Waals surface area contributed by atoms with Crippen molar-refractivity contribution in [3.05, 3.63) is 24.4 Å². The Morgan fingerprint density at radius 3 is 3.00 bits per heavy atom. The van der Waals surface area contributed by atoms with Gasteiger partial charge in [-0.1, -0.05) is 31.7 Å². The Morgan fingerprint density at radius 2 is 2.22 bits per heavy atom. The number of hydrogen-bond acceptors (Lipinski definition) is 5. The van der Waals surface area contributed by atoms with Crippen LogP contribution < -0.4 is 5.32 Å². The van der Waals surface area contributed by atoms with Gasteiger partial charge in [0.2, 0.25) is 0 Å². The Morgan fingerprint density at radius 1 is 1.39 bits per heavy atom. The van der Waals surface area contributed by atoms with E-state index >= 15 is 0 Å². The van der Waals surface area contributed by atoms with Gasteiger partial charge in [-0.3, -0.25) is 4.40 Å². The maximum absolute atomic E-state index is 9.83. The van der Waals surface area contributed by atoms with Crippen LogP contribution in [0.15, 0.2) is 29.6 Å². The second-order valence-corrected chi connectivity index (χ2v) is 5.43. The van der Waals surface area contributed by atoms with E-state index in [-0.39, 0.29) is 6.10 Å². The molecular weight excluding hydrogens is 248 g/mol. The van der Waals surface area contributed by atoms with Gasteiger partial charge in [0.15, 0.2) is 10.8 Å². The topological polar surface area (TPSA) is 62.5 Å². The van der Waals surface area contributed by atoms with Crippen molar-refractivity contribution in [3.63, 3.8) is 0 Å². The minimum absolute atomic E-state index is 0.381. The van der Waals surface area contributed by atoms with Crippen LogP contribution in [0.25, 0.3) is 5.65 Å². The van der Waals surface area contributed by atoms with Gasteiger partial charge in [0.05, 0.1) is 6.10 Å². The number of pyridine rings is 1. The van der Waals surface area contributed by atoms with Crippen LogP contribution >= 0.6 is 11.8 Å². The summed E-state index contributed by atoms with van der Waals surface area (Å²) in [6.07, 6.45) is 1.55. The molecule has 2 aromatic heterocycles. The van der Waals surface area contributed by atoms with Gasteiger partial charge in [-0.2, -0.15) is 0 Å². The van der Waals surface area contributed by atoms with E-state index in [9.17, 15) is 5.11 Å². The molecule has 6 heteroatoms. The van der Waals surface area contributed by atoms with Crippen molar-refractivity contribution in [2.45, 2.75) is 31.1 Å². The van der Waals surface area contributed by atoms with Gasteiger partial charge in [0.1, 0.15) is 0 Å². The van der Waals surface area contributed by atoms with Gasteiger partial charge in [-0.25, -0.2) is 0 Å². The number of aliphatic hydroxyl groups excluding tert-OH is 1. The van der Waals surface area contributed by atoms with Gasteiger partial charge >= 0.3 is 0 Å². The van der Waals surface area contributed by atoms with Crippen molar-refractivity contribution in [2.75, 3.05) is 12.3 Å². The lowest BCUT2D eigenvalue weighted by molar-refractivity contribution is 0.192. The molecule has 0 fully saturated rings. The third-order valence-corrected chi connectivity index (χ3v) is 3.54. The molecule has 18 heavy (non-hydrogen) atoms. The molecule has 0 saturated carbocycles. The van der Waals surface area contributed by atoms with E-state index < -0.39 is 0 Å². The van der Waals surface area contributed by atoms with Crippen LogP contribution in [0.4, 0.5) is 0 Å². The maximum Gasteiger partial charge on any atom is 0.195 e. The Bertz CT molecular complexity index is 500. The smallest absolute Gasteiger partial charge is 0.195 e. The molecule has 0 saturated heterocycles. The Hall–Kier alpha value is -1.11. The minimum Gasteiger partial charge on any atom is -0.391 e. The molecule has 2 rings (SSSR count). The van der Waals surface area contributed by atoms with Gasteiger partial charge in [0, 0.05) is 24.5 Å². The highest BCUT2D eigenvalue weighted by molar-refractivity contribution is 7.99. The maximum atomic E-state index is 9.83. The lowest BCUT2D eigenvalue weighted by Crippen LogP contribution is -2.33. The van der Waals surface area contributed by atoms with Crippen LogP contribution in [0.1, 0.15) is 13.8 Å². The van der Waals surface area contributed by atoms with Crippen LogP contribution in [0.3, 0.4) is 0 Å². The molecule has 2 heterocycles. The Kier molecular flexibility index (Phi) is 4.57. The van der Waals surface area contributed by atoms with Crippen molar-refractivity contribution in [1.29, 1.82) is 0 Å². The van der Waals surface area contributed by atoms with Crippen molar-refractivity contribution in [3.8, 4) is 0 Å². The zero-order valence-corrected chi connectivity index (χ0v) is 11.4. The highest BCUT2D eigenvalue weighted by Gasteiger charge is 2.09. The third kappa shape index (κ3) is 3.44. The number of aliphatic hydroxyl groups is 1. The molecular formula is C12H18N4OS. The second kappa shape index (κ2) is 6.17. The summed E-state index contributed by atoms with van der Waals surface area (Å²) in [5.74, 6) is 0.607. The number of aromatic nitrogens is 3. The van der Waals surface area contributed by atoms with Crippen LogP contribution in [0.2, 0.25) is 0 Å². The summed E-state index contributed by atoms with van der Waals surface area (Å²) in [5, 5.41) is 22.0. The molecule has 0 aliphatic carbocycles. The molecule has 0 aliphatic rings. The summed E-state index contributed by atoms with van der Waals surface area (Å²) in [5.41, 5.74) is 0.829. The Balaban J connectivity index is 1.90. The van der Waals surface area contributed by atoms with Crippen LogP contribution in [-0.2, 0) is 0 Å². The molecule has 2 N–H and O–H groups in total. The highest BCUT2D eigenvalue weighted by atomic mass is 32.2. The summed E-state index contributed by atoms with van der Waals surface area (Å²) >= 11 is 1.52. The quantitative estimate of drug-likeness (QED) is 0.769. The van der Waals surface area contributed by atoms with Crippen molar-refractivity contribution < 1.29 is 5.11 Å². The molecule has 0 spiro atoms. The SMILES string of the molecule is CC(C)NCC(O)CSc1nnc2ccccn12. The van der Waals surface area contributed by atoms with Crippen molar-refractivity contribution in [1.82, 2.24) is 19.9 Å². The zero-order chi connectivity index (χ0) is 13.0. The molecule has 0 aliphatic heterocycles. The summed E-state index contributed by atoms with van der Waals surface area (Å²) < 4.78 is 1.92. The fraction of sp³-hybridized carbons (Fsp3) is 0.500. The van der Waals surface area contributed by atoms with E-state index in [1.54, 1.807) is 0 Å². The number of nitrogens with one attached hydrogen (secondary N) is 1. The molecule has 1 atom stereocenters. The normalized spacial score (nSPS) is 13.3. The number of rotatable bonds is 6. The van der Waals surface area contributed by atoms with Gasteiger partial charge in [-0.15, -0.1) is 10.2 Å². The lowest BCUT2D eigenvalue weighted by Gasteiger charge is -2.12. The summed E-state index contributed by atoms with van der Waals surface area (Å²) in [6.45, 7) is 4.72. The molecule has 5 nitrogen and oxygen atoms in total. The van der Waals surface area contributed by atoms with E-state index in [1.807, 2.05) is 28.8 Å². The van der Waals surface area contributed by atoms with E-state index in [0.717, 1.165) is 10.8 Å². The first-order valence-electron chi connectivity index (χ1n) is 6.01. The zero-order valence-electron chi connectivity index (χ0n) is 10.6. The fourth-order valence-electron chi connectivity index (χ4n) is 1.52. The first kappa shape index (κ1) is 13.3. The fourth-order valence-corrected chi connectivity index (χ4v) is 2.37. The van der Waals surface area contributed by atoms with Gasteiger partial charge in [-0.05, 0) is 12.1 Å². The number of nitrogens with zero attached hydrogens (tertiary/aromatic N) is 3. The molecule has 98 valence electrons. The van der Waals surface area contributed by atoms with E-state index in [1.165, 1.54) is 11.8 Å². The molecule has 0 amide bonds. The molecule has 1 unspecified atom stereocenters. The number of hydrogen-bond donors (Lipinski definition) is 2. The average Bonchev–Trinajstić information content (AvgIpc) is 2.77.